The molecular formula is C10H12BrFN2O2. The number of nitrogens with one attached hydrogen (secondary N) is 1. The summed E-state index contributed by atoms with van der Waals surface area (Å²) >= 11 is 3.10. The minimum Gasteiger partial charge on any atom is -0.466 e. The first kappa shape index (κ1) is 12.9. The molecule has 1 rings (SSSR count). The van der Waals surface area contributed by atoms with Crippen molar-refractivity contribution in [1.82, 2.24) is 4.98 Å². The zero-order valence-electron chi connectivity index (χ0n) is 8.80. The normalized spacial score (nSPS) is 9.94. The highest BCUT2D eigenvalue weighted by atomic mass is 79.9. The van der Waals surface area contributed by atoms with E-state index in [0.717, 1.165) is 0 Å². The molecule has 0 unspecified atom stereocenters. The van der Waals surface area contributed by atoms with Gasteiger partial charge >= 0.3 is 5.97 Å². The highest BCUT2D eigenvalue weighted by molar-refractivity contribution is 9.10. The van der Waals surface area contributed by atoms with Crippen molar-refractivity contribution < 1.29 is 13.9 Å². The van der Waals surface area contributed by atoms with Crippen molar-refractivity contribution in [1.29, 1.82) is 0 Å². The molecule has 0 atom stereocenters. The Balaban J connectivity index is 2.40. The second kappa shape index (κ2) is 6.42. The van der Waals surface area contributed by atoms with E-state index in [9.17, 15) is 9.18 Å². The monoisotopic (exact) mass is 290 g/mol. The number of nitrogens with zero attached hydrogens (tertiary/aromatic N) is 1. The lowest BCUT2D eigenvalue weighted by atomic mass is 10.4. The fourth-order valence-corrected chi connectivity index (χ4v) is 1.36. The van der Waals surface area contributed by atoms with Crippen LogP contribution in [0.3, 0.4) is 0 Å². The summed E-state index contributed by atoms with van der Waals surface area (Å²) < 4.78 is 18.6. The number of carbonyl (C=O) groups is 1. The number of anilines is 1. The molecule has 16 heavy (non-hydrogen) atoms. The third-order valence-corrected chi connectivity index (χ3v) is 2.17. The Morgan fingerprint density at radius 1 is 1.69 bits per heavy atom. The van der Waals surface area contributed by atoms with Crippen LogP contribution in [0.5, 0.6) is 0 Å². The lowest BCUT2D eigenvalue weighted by Crippen LogP contribution is -2.12. The average molecular weight is 291 g/mol. The number of rotatable bonds is 5. The first-order valence-electron chi connectivity index (χ1n) is 4.84. The van der Waals surface area contributed by atoms with Crippen LogP contribution in [0.4, 0.5) is 10.2 Å². The molecule has 88 valence electrons. The topological polar surface area (TPSA) is 51.2 Å². The molecule has 0 aliphatic carbocycles. The van der Waals surface area contributed by atoms with Gasteiger partial charge < -0.3 is 10.1 Å². The molecule has 0 spiro atoms. The first-order chi connectivity index (χ1) is 7.63. The maximum atomic E-state index is 13.3. The number of aromatic nitrogens is 1. The number of carbonyl (C=O) groups excluding carboxylic acids is 1. The zero-order valence-corrected chi connectivity index (χ0v) is 10.4. The van der Waals surface area contributed by atoms with E-state index in [0.29, 0.717) is 17.6 Å². The van der Waals surface area contributed by atoms with Gasteiger partial charge in [-0.15, -0.1) is 0 Å². The fourth-order valence-electron chi connectivity index (χ4n) is 1.06. The van der Waals surface area contributed by atoms with E-state index >= 15 is 0 Å². The van der Waals surface area contributed by atoms with E-state index in [1.54, 1.807) is 6.92 Å². The molecule has 0 radical (unpaired) electrons. The van der Waals surface area contributed by atoms with E-state index in [4.69, 9.17) is 4.74 Å². The van der Waals surface area contributed by atoms with Crippen LogP contribution in [0.2, 0.25) is 0 Å². The molecule has 0 fully saturated rings. The Kier molecular flexibility index (Phi) is 5.18. The summed E-state index contributed by atoms with van der Waals surface area (Å²) in [5.41, 5.74) is 0. The van der Waals surface area contributed by atoms with Crippen molar-refractivity contribution in [2.75, 3.05) is 18.5 Å². The molecule has 0 amide bonds. The van der Waals surface area contributed by atoms with Gasteiger partial charge in [0, 0.05) is 17.2 Å². The van der Waals surface area contributed by atoms with Gasteiger partial charge in [0.25, 0.3) is 0 Å². The third kappa shape index (κ3) is 4.14. The second-order valence-electron chi connectivity index (χ2n) is 2.97. The SMILES string of the molecule is CCOC(=O)CCNc1ncc(Br)cc1F. The zero-order chi connectivity index (χ0) is 12.0. The summed E-state index contributed by atoms with van der Waals surface area (Å²) in [6.07, 6.45) is 1.67. The smallest absolute Gasteiger partial charge is 0.307 e. The van der Waals surface area contributed by atoms with Gasteiger partial charge in [0.2, 0.25) is 0 Å². The number of pyridine rings is 1. The van der Waals surface area contributed by atoms with Gasteiger partial charge in [0.15, 0.2) is 11.6 Å². The average Bonchev–Trinajstić information content (AvgIpc) is 2.22. The maximum Gasteiger partial charge on any atom is 0.307 e. The maximum absolute atomic E-state index is 13.3. The van der Waals surface area contributed by atoms with Crippen LogP contribution in [0.25, 0.3) is 0 Å². The van der Waals surface area contributed by atoms with Gasteiger partial charge in [-0.25, -0.2) is 9.37 Å². The third-order valence-electron chi connectivity index (χ3n) is 1.73. The number of ether oxygens (including phenoxy) is 1. The molecule has 1 aromatic rings. The number of esters is 1. The lowest BCUT2D eigenvalue weighted by Gasteiger charge is -2.06. The predicted molar refractivity (Wildman–Crippen MR) is 61.6 cm³/mol. The molecular weight excluding hydrogens is 279 g/mol. The fraction of sp³-hybridized carbons (Fsp3) is 0.400. The summed E-state index contributed by atoms with van der Waals surface area (Å²) in [5.74, 6) is -0.641. The molecule has 6 heteroatoms. The molecule has 1 aromatic heterocycles. The van der Waals surface area contributed by atoms with Crippen LogP contribution in [-0.2, 0) is 9.53 Å². The van der Waals surface area contributed by atoms with Crippen LogP contribution in [-0.4, -0.2) is 24.1 Å². The quantitative estimate of drug-likeness (QED) is 0.846. The highest BCUT2D eigenvalue weighted by Gasteiger charge is 2.05. The molecule has 0 aliphatic rings. The van der Waals surface area contributed by atoms with Gasteiger partial charge in [0.05, 0.1) is 13.0 Å². The Bertz CT molecular complexity index is 374. The van der Waals surface area contributed by atoms with E-state index in [1.165, 1.54) is 12.3 Å². The van der Waals surface area contributed by atoms with Crippen LogP contribution in [0.1, 0.15) is 13.3 Å². The molecule has 0 saturated carbocycles. The Morgan fingerprint density at radius 2 is 2.44 bits per heavy atom. The van der Waals surface area contributed by atoms with Gasteiger partial charge in [-0.3, -0.25) is 4.79 Å². The molecule has 1 N–H and O–H groups in total. The van der Waals surface area contributed by atoms with Crippen LogP contribution >= 0.6 is 15.9 Å². The van der Waals surface area contributed by atoms with Crippen molar-refractivity contribution in [3.05, 3.63) is 22.6 Å². The molecule has 0 bridgehead atoms. The van der Waals surface area contributed by atoms with Gasteiger partial charge in [-0.1, -0.05) is 0 Å². The van der Waals surface area contributed by atoms with E-state index in [1.807, 2.05) is 0 Å². The van der Waals surface area contributed by atoms with Crippen molar-refractivity contribution in [2.45, 2.75) is 13.3 Å². The van der Waals surface area contributed by atoms with Gasteiger partial charge in [-0.2, -0.15) is 0 Å². The van der Waals surface area contributed by atoms with Crippen LogP contribution < -0.4 is 5.32 Å². The Hall–Kier alpha value is -1.17. The summed E-state index contributed by atoms with van der Waals surface area (Å²) in [5, 5.41) is 2.72. The molecule has 0 saturated heterocycles. The molecule has 4 nitrogen and oxygen atoms in total. The van der Waals surface area contributed by atoms with E-state index in [2.05, 4.69) is 26.2 Å². The number of halogens is 2. The Labute approximate surface area is 101 Å². The number of hydrogen-bond donors (Lipinski definition) is 1. The summed E-state index contributed by atoms with van der Waals surface area (Å²) in [6.45, 7) is 2.38. The summed E-state index contributed by atoms with van der Waals surface area (Å²) in [7, 11) is 0. The molecule has 0 aromatic carbocycles. The predicted octanol–water partition coefficient (Wildman–Crippen LogP) is 2.35. The van der Waals surface area contributed by atoms with Crippen molar-refractivity contribution in [2.24, 2.45) is 0 Å². The minimum absolute atomic E-state index is 0.132. The van der Waals surface area contributed by atoms with Gasteiger partial charge in [0.1, 0.15) is 0 Å². The van der Waals surface area contributed by atoms with Crippen LogP contribution in [0, 0.1) is 5.82 Å². The van der Waals surface area contributed by atoms with Crippen molar-refractivity contribution in [3.63, 3.8) is 0 Å². The summed E-state index contributed by atoms with van der Waals surface area (Å²) in [6, 6.07) is 1.31. The highest BCUT2D eigenvalue weighted by Crippen LogP contribution is 2.15. The minimum atomic E-state index is -0.460. The lowest BCUT2D eigenvalue weighted by molar-refractivity contribution is -0.142. The van der Waals surface area contributed by atoms with Crippen molar-refractivity contribution >= 4 is 27.7 Å². The molecule has 1 heterocycles. The van der Waals surface area contributed by atoms with Crippen molar-refractivity contribution in [3.8, 4) is 0 Å². The standard InChI is InChI=1S/C10H12BrFN2O2/c1-2-16-9(15)3-4-13-10-8(12)5-7(11)6-14-10/h5-6H,2-4H2,1H3,(H,13,14). The summed E-state index contributed by atoms with van der Waals surface area (Å²) in [4.78, 5) is 14.8. The van der Waals surface area contributed by atoms with E-state index in [-0.39, 0.29) is 18.2 Å². The Morgan fingerprint density at radius 3 is 3.06 bits per heavy atom. The largest absolute Gasteiger partial charge is 0.466 e. The van der Waals surface area contributed by atoms with E-state index < -0.39 is 5.82 Å². The number of hydrogen-bond acceptors (Lipinski definition) is 4. The first-order valence-corrected chi connectivity index (χ1v) is 5.63. The van der Waals surface area contributed by atoms with Crippen LogP contribution in [0.15, 0.2) is 16.7 Å². The molecule has 0 aliphatic heterocycles. The second-order valence-corrected chi connectivity index (χ2v) is 3.88. The van der Waals surface area contributed by atoms with Gasteiger partial charge in [-0.05, 0) is 28.9 Å².